The molecule has 7 heteroatoms. The van der Waals surface area contributed by atoms with E-state index < -0.39 is 7.14 Å². The van der Waals surface area contributed by atoms with Crippen molar-refractivity contribution >= 4 is 28.8 Å². The van der Waals surface area contributed by atoms with E-state index in [1.807, 2.05) is 159 Å². The molecule has 7 aromatic rings. The molecule has 1 atom stereocenters. The summed E-state index contributed by atoms with van der Waals surface area (Å²) in [5.74, 6) is 4.50. The highest BCUT2D eigenvalue weighted by Crippen LogP contribution is 2.43. The highest BCUT2D eigenvalue weighted by Gasteiger charge is 2.30. The third kappa shape index (κ3) is 7.68. The van der Waals surface area contributed by atoms with Crippen molar-refractivity contribution in [3.63, 3.8) is 0 Å². The molecule has 0 fully saturated rings. The molecule has 0 aromatic heterocycles. The average molecular weight is 703 g/mol. The third-order valence-electron chi connectivity index (χ3n) is 8.54. The topological polar surface area (TPSA) is 71.1 Å². The van der Waals surface area contributed by atoms with Crippen molar-refractivity contribution < 1.29 is 28.3 Å². The molecule has 0 bridgehead atoms. The molecule has 0 heterocycles. The molecule has 1 unspecified atom stereocenters. The molecule has 0 spiro atoms. The minimum Gasteiger partial charge on any atom is -0.497 e. The molecule has 256 valence electrons. The van der Waals surface area contributed by atoms with Gasteiger partial charge >= 0.3 is 0 Å². The Morgan fingerprint density at radius 2 is 0.712 bits per heavy atom. The van der Waals surface area contributed by atoms with Crippen LogP contribution in [-0.2, 0) is 4.57 Å². The predicted molar refractivity (Wildman–Crippen MR) is 207 cm³/mol. The van der Waals surface area contributed by atoms with Gasteiger partial charge in [0.05, 0.1) is 7.11 Å². The average Bonchev–Trinajstić information content (AvgIpc) is 3.20. The quantitative estimate of drug-likeness (QED) is 0.0933. The summed E-state index contributed by atoms with van der Waals surface area (Å²) in [5, 5.41) is 2.11. The standard InChI is InChI=1S/C45H35O6P/c1-32-8-10-33(11-9-32)45(46)34-12-14-36(15-13-34)49-38-20-22-39(23-21-38)51-41-26-30-44(31-27-41)52(47,42-6-4-3-5-7-42)43-28-24-40(25-29-43)50-37-18-16-35(48-2)17-19-37/h3-31H,1-2H3. The maximum Gasteiger partial charge on any atom is 0.193 e. The Morgan fingerprint density at radius 3 is 1.10 bits per heavy atom. The van der Waals surface area contributed by atoms with Gasteiger partial charge in [-0.2, -0.15) is 0 Å². The number of ketones is 1. The van der Waals surface area contributed by atoms with Crippen molar-refractivity contribution in [1.82, 2.24) is 0 Å². The summed E-state index contributed by atoms with van der Waals surface area (Å²) in [6, 6.07) is 53.6. The van der Waals surface area contributed by atoms with Gasteiger partial charge in [-0.3, -0.25) is 4.79 Å². The molecular weight excluding hydrogens is 667 g/mol. The second-order valence-electron chi connectivity index (χ2n) is 12.1. The Labute approximate surface area is 303 Å². The second kappa shape index (κ2) is 15.3. The lowest BCUT2D eigenvalue weighted by molar-refractivity contribution is 0.103. The van der Waals surface area contributed by atoms with Crippen LogP contribution in [0.4, 0.5) is 0 Å². The summed E-state index contributed by atoms with van der Waals surface area (Å²) in [4.78, 5) is 12.8. The van der Waals surface area contributed by atoms with E-state index in [0.717, 1.165) is 16.6 Å². The fourth-order valence-electron chi connectivity index (χ4n) is 5.71. The Balaban J connectivity index is 1.02. The number of carbonyl (C=O) groups is 1. The van der Waals surface area contributed by atoms with Gasteiger partial charge in [0.25, 0.3) is 0 Å². The Bertz CT molecular complexity index is 2300. The Hall–Kier alpha value is -6.36. The van der Waals surface area contributed by atoms with E-state index >= 15 is 4.57 Å². The fraction of sp³-hybridized carbons (Fsp3) is 0.0444. The molecule has 0 saturated carbocycles. The van der Waals surface area contributed by atoms with E-state index in [2.05, 4.69) is 0 Å². The molecule has 0 N–H and O–H groups in total. The van der Waals surface area contributed by atoms with Gasteiger partial charge in [-0.15, -0.1) is 0 Å². The lowest BCUT2D eigenvalue weighted by atomic mass is 10.0. The number of ether oxygens (including phenoxy) is 4. The lowest BCUT2D eigenvalue weighted by Crippen LogP contribution is -2.24. The molecule has 0 radical (unpaired) electrons. The molecule has 0 saturated heterocycles. The number of benzene rings is 7. The van der Waals surface area contributed by atoms with Crippen LogP contribution >= 0.6 is 7.14 Å². The van der Waals surface area contributed by atoms with Crippen LogP contribution in [-0.4, -0.2) is 12.9 Å². The molecular formula is C45H35O6P. The van der Waals surface area contributed by atoms with Crippen LogP contribution in [0.15, 0.2) is 176 Å². The van der Waals surface area contributed by atoms with Gasteiger partial charge in [-0.05, 0) is 128 Å². The molecule has 0 aliphatic rings. The molecule has 0 aliphatic carbocycles. The lowest BCUT2D eigenvalue weighted by Gasteiger charge is -2.20. The third-order valence-corrected chi connectivity index (χ3v) is 11.6. The second-order valence-corrected chi connectivity index (χ2v) is 14.9. The number of methoxy groups -OCH3 is 1. The Kier molecular flexibility index (Phi) is 10.0. The van der Waals surface area contributed by atoms with Crippen LogP contribution in [0.3, 0.4) is 0 Å². The summed E-state index contributed by atoms with van der Waals surface area (Å²) in [7, 11) is -1.60. The smallest absolute Gasteiger partial charge is 0.193 e. The summed E-state index contributed by atoms with van der Waals surface area (Å²) < 4.78 is 38.4. The molecule has 7 aromatic carbocycles. The van der Waals surface area contributed by atoms with E-state index in [1.165, 1.54) is 0 Å². The maximum absolute atomic E-state index is 15.0. The Morgan fingerprint density at radius 1 is 0.404 bits per heavy atom. The summed E-state index contributed by atoms with van der Waals surface area (Å²) in [6.45, 7) is 1.99. The van der Waals surface area contributed by atoms with E-state index in [9.17, 15) is 4.79 Å². The van der Waals surface area contributed by atoms with Crippen molar-refractivity contribution in [3.8, 4) is 40.2 Å². The fourth-order valence-corrected chi connectivity index (χ4v) is 8.33. The van der Waals surface area contributed by atoms with Crippen LogP contribution in [0.2, 0.25) is 0 Å². The zero-order chi connectivity index (χ0) is 35.9. The van der Waals surface area contributed by atoms with Crippen LogP contribution < -0.4 is 34.9 Å². The molecule has 0 aliphatic heterocycles. The van der Waals surface area contributed by atoms with E-state index in [-0.39, 0.29) is 5.78 Å². The SMILES string of the molecule is COc1ccc(Oc2ccc(P(=O)(c3ccccc3)c3ccc(Oc4ccc(Oc5ccc(C(=O)c6ccc(C)cc6)cc5)cc4)cc3)cc2)cc1. The first-order chi connectivity index (χ1) is 25.4. The first kappa shape index (κ1) is 34.1. The van der Waals surface area contributed by atoms with Crippen LogP contribution in [0.25, 0.3) is 0 Å². The van der Waals surface area contributed by atoms with Gasteiger partial charge in [0.1, 0.15) is 40.2 Å². The van der Waals surface area contributed by atoms with E-state index in [4.69, 9.17) is 18.9 Å². The van der Waals surface area contributed by atoms with E-state index in [0.29, 0.717) is 56.2 Å². The largest absolute Gasteiger partial charge is 0.497 e. The van der Waals surface area contributed by atoms with Gasteiger partial charge in [0, 0.05) is 27.0 Å². The zero-order valence-corrected chi connectivity index (χ0v) is 29.5. The first-order valence-corrected chi connectivity index (χ1v) is 18.4. The van der Waals surface area contributed by atoms with Crippen LogP contribution in [0.5, 0.6) is 40.2 Å². The van der Waals surface area contributed by atoms with Gasteiger partial charge in [-0.25, -0.2) is 0 Å². The van der Waals surface area contributed by atoms with Crippen molar-refractivity contribution in [2.24, 2.45) is 0 Å². The van der Waals surface area contributed by atoms with Gasteiger partial charge < -0.3 is 23.5 Å². The van der Waals surface area contributed by atoms with Crippen LogP contribution in [0, 0.1) is 6.92 Å². The number of carbonyl (C=O) groups excluding carboxylic acids is 1. The predicted octanol–water partition coefficient (Wildman–Crippen LogP) is 10.3. The first-order valence-electron chi connectivity index (χ1n) is 16.7. The van der Waals surface area contributed by atoms with Crippen molar-refractivity contribution in [2.75, 3.05) is 7.11 Å². The van der Waals surface area contributed by atoms with Gasteiger partial charge in [0.2, 0.25) is 0 Å². The highest BCUT2D eigenvalue weighted by molar-refractivity contribution is 7.85. The highest BCUT2D eigenvalue weighted by atomic mass is 31.2. The van der Waals surface area contributed by atoms with Gasteiger partial charge in [-0.1, -0.05) is 60.2 Å². The normalized spacial score (nSPS) is 12.0. The number of aryl methyl sites for hydroxylation is 1. The van der Waals surface area contributed by atoms with Crippen molar-refractivity contribution in [3.05, 3.63) is 193 Å². The number of rotatable bonds is 12. The minimum atomic E-state index is -3.22. The van der Waals surface area contributed by atoms with E-state index in [1.54, 1.807) is 31.4 Å². The van der Waals surface area contributed by atoms with Gasteiger partial charge in [0.15, 0.2) is 12.9 Å². The molecule has 52 heavy (non-hydrogen) atoms. The molecule has 0 amide bonds. The summed E-state index contributed by atoms with van der Waals surface area (Å²) >= 11 is 0. The zero-order valence-electron chi connectivity index (χ0n) is 28.6. The van der Waals surface area contributed by atoms with Crippen LogP contribution in [0.1, 0.15) is 21.5 Å². The maximum atomic E-state index is 15.0. The molecule has 7 rings (SSSR count). The number of hydrogen-bond donors (Lipinski definition) is 0. The summed E-state index contributed by atoms with van der Waals surface area (Å²) in [5.41, 5.74) is 2.35. The number of hydrogen-bond acceptors (Lipinski definition) is 6. The van der Waals surface area contributed by atoms with Crippen molar-refractivity contribution in [1.29, 1.82) is 0 Å². The minimum absolute atomic E-state index is 0.0330. The van der Waals surface area contributed by atoms with Crippen molar-refractivity contribution in [2.45, 2.75) is 6.92 Å². The monoisotopic (exact) mass is 702 g/mol. The summed E-state index contributed by atoms with van der Waals surface area (Å²) in [6.07, 6.45) is 0. The molecule has 6 nitrogen and oxygen atoms in total.